The van der Waals surface area contributed by atoms with E-state index < -0.39 is 18.6 Å². The molecule has 0 heterocycles. The minimum atomic E-state index is -0.938. The van der Waals surface area contributed by atoms with Gasteiger partial charge in [-0.1, -0.05) is 0 Å². The van der Waals surface area contributed by atoms with Crippen LogP contribution in [0.1, 0.15) is 6.92 Å². The highest BCUT2D eigenvalue weighted by molar-refractivity contribution is 5.78. The van der Waals surface area contributed by atoms with Crippen molar-refractivity contribution in [3.05, 3.63) is 0 Å². The largest absolute Gasteiger partial charge is 0.464 e. The summed E-state index contributed by atoms with van der Waals surface area (Å²) < 4.78 is 4.53. The highest BCUT2D eigenvalue weighted by Gasteiger charge is 2.16. The van der Waals surface area contributed by atoms with Crippen LogP contribution in [0.4, 0.5) is 0 Å². The molecule has 0 aromatic carbocycles. The second kappa shape index (κ2) is 5.67. The number of aliphatic hydroxyl groups is 1. The van der Waals surface area contributed by atoms with Gasteiger partial charge in [0.05, 0.1) is 13.2 Å². The van der Waals surface area contributed by atoms with Crippen molar-refractivity contribution in [3.8, 4) is 0 Å². The van der Waals surface area contributed by atoms with E-state index in [1.54, 1.807) is 6.92 Å². The molecule has 0 saturated heterocycles. The molecule has 5 nitrogen and oxygen atoms in total. The number of esters is 1. The third-order valence-electron chi connectivity index (χ3n) is 1.02. The first-order chi connectivity index (χ1) is 5.26. The maximum Gasteiger partial charge on any atom is 0.331 e. The molecular formula is C6H11NO4. The molecule has 0 radical (unpaired) electrons. The van der Waals surface area contributed by atoms with Crippen LogP contribution in [0.15, 0.2) is 0 Å². The van der Waals surface area contributed by atoms with Gasteiger partial charge >= 0.3 is 5.97 Å². The van der Waals surface area contributed by atoms with Gasteiger partial charge in [-0.25, -0.2) is 4.79 Å². The van der Waals surface area contributed by atoms with Crippen LogP contribution in [0.2, 0.25) is 0 Å². The zero-order valence-corrected chi connectivity index (χ0v) is 6.24. The topological polar surface area (TPSA) is 75.6 Å². The fourth-order valence-electron chi connectivity index (χ4n) is 0.520. The van der Waals surface area contributed by atoms with E-state index in [-0.39, 0.29) is 6.61 Å². The summed E-state index contributed by atoms with van der Waals surface area (Å²) in [5, 5.41) is 10.6. The van der Waals surface area contributed by atoms with E-state index in [9.17, 15) is 9.59 Å². The maximum atomic E-state index is 10.8. The van der Waals surface area contributed by atoms with Gasteiger partial charge in [0.25, 0.3) is 0 Å². The maximum absolute atomic E-state index is 10.8. The van der Waals surface area contributed by atoms with Gasteiger partial charge in [-0.3, -0.25) is 4.79 Å². The molecule has 1 atom stereocenters. The normalized spacial score (nSPS) is 11.8. The van der Waals surface area contributed by atoms with Crippen molar-refractivity contribution in [2.24, 2.45) is 0 Å². The zero-order chi connectivity index (χ0) is 8.69. The fourth-order valence-corrected chi connectivity index (χ4v) is 0.520. The smallest absolute Gasteiger partial charge is 0.331 e. The van der Waals surface area contributed by atoms with E-state index in [0.717, 1.165) is 0 Å². The van der Waals surface area contributed by atoms with Crippen molar-refractivity contribution in [2.45, 2.75) is 13.0 Å². The lowest BCUT2D eigenvalue weighted by Gasteiger charge is -2.10. The first-order valence-corrected chi connectivity index (χ1v) is 3.23. The van der Waals surface area contributed by atoms with Crippen molar-refractivity contribution in [1.82, 2.24) is 5.32 Å². The molecule has 5 heteroatoms. The Kier molecular flexibility index (Phi) is 5.10. The van der Waals surface area contributed by atoms with Gasteiger partial charge in [-0.05, 0) is 6.92 Å². The highest BCUT2D eigenvalue weighted by Crippen LogP contribution is 1.86. The molecule has 0 saturated carbocycles. The summed E-state index contributed by atoms with van der Waals surface area (Å²) in [6, 6.07) is -0.938. The number of carbonyl (C=O) groups excluding carboxylic acids is 2. The van der Waals surface area contributed by atoms with Gasteiger partial charge in [-0.15, -0.1) is 0 Å². The van der Waals surface area contributed by atoms with Crippen LogP contribution in [-0.2, 0) is 14.3 Å². The second-order valence-electron chi connectivity index (χ2n) is 1.77. The van der Waals surface area contributed by atoms with Gasteiger partial charge in [0, 0.05) is 0 Å². The summed E-state index contributed by atoms with van der Waals surface area (Å²) in [5.41, 5.74) is 0. The molecule has 2 N–H and O–H groups in total. The highest BCUT2D eigenvalue weighted by atomic mass is 16.5. The molecule has 11 heavy (non-hydrogen) atoms. The molecular weight excluding hydrogens is 150 g/mol. The Morgan fingerprint density at radius 2 is 2.45 bits per heavy atom. The summed E-state index contributed by atoms with van der Waals surface area (Å²) >= 11 is 0. The summed E-state index contributed by atoms with van der Waals surface area (Å²) in [6.45, 7) is 1.43. The number of carbonyl (C=O) groups is 2. The molecule has 0 fully saturated rings. The first-order valence-electron chi connectivity index (χ1n) is 3.23. The molecule has 0 rings (SSSR count). The number of aliphatic hydroxyl groups excluding tert-OH is 1. The average Bonchev–Trinajstić information content (AvgIpc) is 2.00. The Morgan fingerprint density at radius 1 is 1.82 bits per heavy atom. The number of nitrogens with one attached hydrogen (secondary N) is 1. The van der Waals surface area contributed by atoms with Crippen LogP contribution >= 0.6 is 0 Å². The van der Waals surface area contributed by atoms with Crippen LogP contribution in [0.3, 0.4) is 0 Å². The number of hydrogen-bond acceptors (Lipinski definition) is 4. The molecule has 1 amide bonds. The Hall–Kier alpha value is -1.10. The van der Waals surface area contributed by atoms with Gasteiger partial charge in [0.2, 0.25) is 6.41 Å². The van der Waals surface area contributed by atoms with Crippen LogP contribution in [0.5, 0.6) is 0 Å². The van der Waals surface area contributed by atoms with Gasteiger partial charge in [-0.2, -0.15) is 0 Å². The number of hydrogen-bond donors (Lipinski definition) is 2. The van der Waals surface area contributed by atoms with E-state index in [1.165, 1.54) is 0 Å². The van der Waals surface area contributed by atoms with Crippen molar-refractivity contribution in [1.29, 1.82) is 0 Å². The SMILES string of the molecule is CCOC(=O)C(CO)NC=O. The molecule has 0 aromatic rings. The molecule has 0 spiro atoms. The molecule has 64 valence electrons. The minimum absolute atomic E-state index is 0.232. The van der Waals surface area contributed by atoms with Crippen LogP contribution in [-0.4, -0.2) is 36.7 Å². The summed E-state index contributed by atoms with van der Waals surface area (Å²) in [4.78, 5) is 20.6. The van der Waals surface area contributed by atoms with E-state index >= 15 is 0 Å². The molecule has 1 unspecified atom stereocenters. The lowest BCUT2D eigenvalue weighted by molar-refractivity contribution is -0.147. The van der Waals surface area contributed by atoms with Crippen molar-refractivity contribution >= 4 is 12.4 Å². The Labute approximate surface area is 64.3 Å². The first kappa shape index (κ1) is 9.90. The fraction of sp³-hybridized carbons (Fsp3) is 0.667. The van der Waals surface area contributed by atoms with Gasteiger partial charge in [0.15, 0.2) is 0 Å². The van der Waals surface area contributed by atoms with E-state index in [1.807, 2.05) is 0 Å². The van der Waals surface area contributed by atoms with Crippen molar-refractivity contribution in [2.75, 3.05) is 13.2 Å². The van der Waals surface area contributed by atoms with Crippen LogP contribution in [0, 0.1) is 0 Å². The monoisotopic (exact) mass is 161 g/mol. The summed E-state index contributed by atoms with van der Waals surface area (Å²) in [7, 11) is 0. The van der Waals surface area contributed by atoms with Crippen LogP contribution < -0.4 is 5.32 Å². The predicted molar refractivity (Wildman–Crippen MR) is 36.7 cm³/mol. The summed E-state index contributed by atoms with van der Waals surface area (Å²) in [5.74, 6) is -0.623. The number of amides is 1. The van der Waals surface area contributed by atoms with E-state index in [0.29, 0.717) is 6.41 Å². The Morgan fingerprint density at radius 3 is 2.82 bits per heavy atom. The standard InChI is InChI=1S/C6H11NO4/c1-2-11-6(10)5(3-8)7-4-9/h4-5,8H,2-3H2,1H3,(H,7,9). The van der Waals surface area contributed by atoms with Crippen molar-refractivity contribution < 1.29 is 19.4 Å². The van der Waals surface area contributed by atoms with Crippen molar-refractivity contribution in [3.63, 3.8) is 0 Å². The quantitative estimate of drug-likeness (QED) is 0.386. The van der Waals surface area contributed by atoms with Gasteiger partial charge in [0.1, 0.15) is 6.04 Å². The summed E-state index contributed by atoms with van der Waals surface area (Å²) in [6.07, 6.45) is 0.345. The predicted octanol–water partition coefficient (Wildman–Crippen LogP) is -1.34. The second-order valence-corrected chi connectivity index (χ2v) is 1.77. The molecule has 0 aliphatic carbocycles. The van der Waals surface area contributed by atoms with E-state index in [2.05, 4.69) is 10.1 Å². The van der Waals surface area contributed by atoms with Crippen LogP contribution in [0.25, 0.3) is 0 Å². The molecule has 0 aromatic heterocycles. The van der Waals surface area contributed by atoms with Gasteiger partial charge < -0.3 is 15.2 Å². The lowest BCUT2D eigenvalue weighted by atomic mass is 10.3. The average molecular weight is 161 g/mol. The number of ether oxygens (including phenoxy) is 1. The Bertz CT molecular complexity index is 137. The Balaban J connectivity index is 3.80. The third-order valence-corrected chi connectivity index (χ3v) is 1.02. The molecule has 0 aliphatic heterocycles. The molecule has 0 aliphatic rings. The zero-order valence-electron chi connectivity index (χ0n) is 6.24. The lowest BCUT2D eigenvalue weighted by Crippen LogP contribution is -2.40. The molecule has 0 bridgehead atoms. The third kappa shape index (κ3) is 3.57. The number of rotatable bonds is 5. The minimum Gasteiger partial charge on any atom is -0.464 e. The van der Waals surface area contributed by atoms with E-state index in [4.69, 9.17) is 5.11 Å².